The van der Waals surface area contributed by atoms with Gasteiger partial charge >= 0.3 is 0 Å². The molecule has 0 aliphatic rings. The Balaban J connectivity index is 2.12. The molecule has 1 nitrogen and oxygen atoms in total. The first-order valence-corrected chi connectivity index (χ1v) is 7.01. The van der Waals surface area contributed by atoms with Crippen LogP contribution in [0.3, 0.4) is 0 Å². The number of rotatable bonds is 6. The minimum absolute atomic E-state index is 0.351. The van der Waals surface area contributed by atoms with E-state index in [-0.39, 0.29) is 0 Å². The molecule has 0 amide bonds. The van der Waals surface area contributed by atoms with E-state index in [1.165, 1.54) is 4.88 Å². The Morgan fingerprint density at radius 2 is 2.29 bits per heavy atom. The third-order valence-electron chi connectivity index (χ3n) is 1.99. The second kappa shape index (κ2) is 6.49. The maximum atomic E-state index is 6.02. The van der Waals surface area contributed by atoms with Crippen molar-refractivity contribution in [2.24, 2.45) is 5.73 Å². The average Bonchev–Trinajstić information content (AvgIpc) is 2.63. The molecule has 0 aromatic carbocycles. The van der Waals surface area contributed by atoms with Crippen LogP contribution in [0.5, 0.6) is 0 Å². The molecule has 2 N–H and O–H groups in total. The van der Waals surface area contributed by atoms with Crippen LogP contribution in [0.4, 0.5) is 0 Å². The molecule has 3 heteroatoms. The first-order valence-electron chi connectivity index (χ1n) is 5.08. The molecule has 1 rings (SSSR count). The second-order valence-corrected chi connectivity index (χ2v) is 6.40. The summed E-state index contributed by atoms with van der Waals surface area (Å²) < 4.78 is 0. The van der Waals surface area contributed by atoms with Crippen molar-refractivity contribution in [1.82, 2.24) is 0 Å². The van der Waals surface area contributed by atoms with Gasteiger partial charge in [-0.15, -0.1) is 11.3 Å². The highest BCUT2D eigenvalue weighted by Crippen LogP contribution is 2.15. The number of aryl methyl sites for hydroxylation is 1. The Morgan fingerprint density at radius 1 is 1.50 bits per heavy atom. The van der Waals surface area contributed by atoms with Crippen LogP contribution in [-0.4, -0.2) is 17.0 Å². The smallest absolute Gasteiger partial charge is 0.0134 e. The molecule has 14 heavy (non-hydrogen) atoms. The zero-order chi connectivity index (χ0) is 10.4. The van der Waals surface area contributed by atoms with Crippen LogP contribution in [0.2, 0.25) is 0 Å². The summed E-state index contributed by atoms with van der Waals surface area (Å²) in [4.78, 5) is 1.45. The first-order chi connectivity index (χ1) is 6.68. The summed E-state index contributed by atoms with van der Waals surface area (Å²) >= 11 is 3.78. The van der Waals surface area contributed by atoms with Crippen LogP contribution >= 0.6 is 23.1 Å². The van der Waals surface area contributed by atoms with Gasteiger partial charge in [0, 0.05) is 16.7 Å². The van der Waals surface area contributed by atoms with Gasteiger partial charge in [-0.3, -0.25) is 0 Å². The van der Waals surface area contributed by atoms with Crippen molar-refractivity contribution in [2.75, 3.05) is 5.75 Å². The summed E-state index contributed by atoms with van der Waals surface area (Å²) in [5.74, 6) is 1.09. The molecule has 80 valence electrons. The molecule has 0 aliphatic carbocycles. The normalized spacial score (nSPS) is 13.4. The minimum Gasteiger partial charge on any atom is -0.327 e. The average molecular weight is 229 g/mol. The van der Waals surface area contributed by atoms with E-state index < -0.39 is 0 Å². The van der Waals surface area contributed by atoms with E-state index in [1.807, 2.05) is 23.1 Å². The first kappa shape index (κ1) is 12.1. The summed E-state index contributed by atoms with van der Waals surface area (Å²) in [6.45, 7) is 4.44. The zero-order valence-electron chi connectivity index (χ0n) is 8.90. The van der Waals surface area contributed by atoms with Crippen LogP contribution in [-0.2, 0) is 6.42 Å². The van der Waals surface area contributed by atoms with Gasteiger partial charge in [0.1, 0.15) is 0 Å². The number of thiophene rings is 1. The highest BCUT2D eigenvalue weighted by atomic mass is 32.2. The Hall–Kier alpha value is 0.01000. The fourth-order valence-corrected chi connectivity index (χ4v) is 2.71. The maximum absolute atomic E-state index is 6.02. The van der Waals surface area contributed by atoms with Crippen molar-refractivity contribution >= 4 is 23.1 Å². The van der Waals surface area contributed by atoms with Crippen molar-refractivity contribution in [3.05, 3.63) is 22.4 Å². The van der Waals surface area contributed by atoms with E-state index in [0.29, 0.717) is 11.3 Å². The van der Waals surface area contributed by atoms with E-state index in [4.69, 9.17) is 5.73 Å². The van der Waals surface area contributed by atoms with Crippen molar-refractivity contribution in [1.29, 1.82) is 0 Å². The van der Waals surface area contributed by atoms with Gasteiger partial charge in [-0.25, -0.2) is 0 Å². The molecular formula is C11H19NS2. The van der Waals surface area contributed by atoms with Crippen LogP contribution in [0.25, 0.3) is 0 Å². The second-order valence-electron chi connectivity index (χ2n) is 3.76. The lowest BCUT2D eigenvalue weighted by Gasteiger charge is -2.11. The van der Waals surface area contributed by atoms with Crippen molar-refractivity contribution in [3.63, 3.8) is 0 Å². The van der Waals surface area contributed by atoms with Gasteiger partial charge in [0.25, 0.3) is 0 Å². The predicted octanol–water partition coefficient (Wildman–Crippen LogP) is 3.15. The molecule has 0 bridgehead atoms. The van der Waals surface area contributed by atoms with Crippen molar-refractivity contribution in [3.8, 4) is 0 Å². The summed E-state index contributed by atoms with van der Waals surface area (Å²) in [5, 5.41) is 2.83. The van der Waals surface area contributed by atoms with Crippen LogP contribution in [0.15, 0.2) is 17.5 Å². The molecule has 0 radical (unpaired) electrons. The fraction of sp³-hybridized carbons (Fsp3) is 0.636. The maximum Gasteiger partial charge on any atom is 0.0134 e. The highest BCUT2D eigenvalue weighted by molar-refractivity contribution is 7.99. The molecule has 0 saturated heterocycles. The standard InChI is InChI=1S/C11H19NS2/c1-9(2)14-8-10(12)5-6-11-4-3-7-13-11/h3-4,7,9-10H,5-6,8,12H2,1-2H3. The molecule has 1 unspecified atom stereocenters. The molecule has 1 aromatic heterocycles. The highest BCUT2D eigenvalue weighted by Gasteiger charge is 2.05. The molecule has 0 spiro atoms. The molecule has 0 fully saturated rings. The van der Waals surface area contributed by atoms with Gasteiger partial charge in [0.15, 0.2) is 0 Å². The number of thioether (sulfide) groups is 1. The summed E-state index contributed by atoms with van der Waals surface area (Å²) in [6.07, 6.45) is 2.25. The minimum atomic E-state index is 0.351. The van der Waals surface area contributed by atoms with Crippen LogP contribution in [0.1, 0.15) is 25.1 Å². The van der Waals surface area contributed by atoms with E-state index in [0.717, 1.165) is 18.6 Å². The number of hydrogen-bond donors (Lipinski definition) is 1. The monoisotopic (exact) mass is 229 g/mol. The summed E-state index contributed by atoms with van der Waals surface area (Å²) in [5.41, 5.74) is 6.02. The molecule has 1 atom stereocenters. The Kier molecular flexibility index (Phi) is 5.60. The van der Waals surface area contributed by atoms with Gasteiger partial charge in [-0.2, -0.15) is 11.8 Å². The number of nitrogens with two attached hydrogens (primary N) is 1. The predicted molar refractivity (Wildman–Crippen MR) is 68.2 cm³/mol. The lowest BCUT2D eigenvalue weighted by Crippen LogP contribution is -2.24. The third kappa shape index (κ3) is 5.03. The zero-order valence-corrected chi connectivity index (χ0v) is 10.5. The van der Waals surface area contributed by atoms with Gasteiger partial charge < -0.3 is 5.73 Å². The Bertz CT molecular complexity index is 231. The topological polar surface area (TPSA) is 26.0 Å². The lowest BCUT2D eigenvalue weighted by atomic mass is 10.2. The summed E-state index contributed by atoms with van der Waals surface area (Å²) in [7, 11) is 0. The fourth-order valence-electron chi connectivity index (χ4n) is 1.18. The molecule has 1 aromatic rings. The Morgan fingerprint density at radius 3 is 2.86 bits per heavy atom. The quantitative estimate of drug-likeness (QED) is 0.811. The van der Waals surface area contributed by atoms with Crippen LogP contribution < -0.4 is 5.73 Å². The molecular weight excluding hydrogens is 210 g/mol. The van der Waals surface area contributed by atoms with Crippen LogP contribution in [0, 0.1) is 0 Å². The SMILES string of the molecule is CC(C)SCC(N)CCc1cccs1. The third-order valence-corrected chi connectivity index (χ3v) is 4.21. The van der Waals surface area contributed by atoms with Gasteiger partial charge in [0.05, 0.1) is 0 Å². The summed E-state index contributed by atoms with van der Waals surface area (Å²) in [6, 6.07) is 4.64. The lowest BCUT2D eigenvalue weighted by molar-refractivity contribution is 0.678. The largest absolute Gasteiger partial charge is 0.327 e. The van der Waals surface area contributed by atoms with Gasteiger partial charge in [-0.05, 0) is 29.5 Å². The van der Waals surface area contributed by atoms with E-state index in [9.17, 15) is 0 Å². The number of hydrogen-bond acceptors (Lipinski definition) is 3. The molecule has 0 aliphatic heterocycles. The Labute approximate surface area is 95.1 Å². The molecule has 1 heterocycles. The van der Waals surface area contributed by atoms with Gasteiger partial charge in [0.2, 0.25) is 0 Å². The van der Waals surface area contributed by atoms with Crippen molar-refractivity contribution < 1.29 is 0 Å². The van der Waals surface area contributed by atoms with Gasteiger partial charge in [-0.1, -0.05) is 19.9 Å². The van der Waals surface area contributed by atoms with E-state index in [2.05, 4.69) is 31.4 Å². The van der Waals surface area contributed by atoms with E-state index in [1.54, 1.807) is 0 Å². The molecule has 0 saturated carbocycles. The van der Waals surface area contributed by atoms with Crippen molar-refractivity contribution in [2.45, 2.75) is 38.0 Å². The van der Waals surface area contributed by atoms with E-state index >= 15 is 0 Å².